The molecule has 0 aromatic carbocycles. The fourth-order valence-electron chi connectivity index (χ4n) is 3.46. The highest BCUT2D eigenvalue weighted by Gasteiger charge is 2.37. The van der Waals surface area contributed by atoms with E-state index in [-0.39, 0.29) is 0 Å². The molecule has 0 heterocycles. The molecule has 108 valence electrons. The highest BCUT2D eigenvalue weighted by Crippen LogP contribution is 2.48. The Morgan fingerprint density at radius 1 is 1.10 bits per heavy atom. The fraction of sp³-hybridized carbons (Fsp3) is 0.500. The zero-order valence-electron chi connectivity index (χ0n) is 12.4. The van der Waals surface area contributed by atoms with E-state index < -0.39 is 5.97 Å². The Morgan fingerprint density at radius 3 is 2.50 bits per heavy atom. The maximum absolute atomic E-state index is 10.5. The summed E-state index contributed by atoms with van der Waals surface area (Å²) in [6.07, 6.45) is 17.3. The molecule has 2 nitrogen and oxygen atoms in total. The first-order chi connectivity index (χ1) is 9.54. The van der Waals surface area contributed by atoms with Crippen LogP contribution in [0.1, 0.15) is 39.5 Å². The largest absolute Gasteiger partial charge is 0.478 e. The summed E-state index contributed by atoms with van der Waals surface area (Å²) in [5, 5.41) is 8.61. The lowest BCUT2D eigenvalue weighted by Gasteiger charge is -2.17. The van der Waals surface area contributed by atoms with E-state index in [1.807, 2.05) is 18.2 Å². The molecular weight excluding hydrogens is 248 g/mol. The standard InChI is InChI=1S/C18H24O2/c1-13(4-3-5-14(2)10-18(19)20)6-8-16-11-15-7-9-17(16)12-15/h3-6,8,10,15-17H,7,9,11-12H2,1-2H3,(H,19,20)/b5-3+,8-6+,13-4+,14-10+/t15?,16-,17?/m0/s1. The molecule has 3 atom stereocenters. The van der Waals surface area contributed by atoms with Crippen LogP contribution in [0, 0.1) is 17.8 Å². The van der Waals surface area contributed by atoms with Gasteiger partial charge in [0.2, 0.25) is 0 Å². The molecule has 0 radical (unpaired) electrons. The van der Waals surface area contributed by atoms with Crippen LogP contribution >= 0.6 is 0 Å². The molecular formula is C18H24O2. The monoisotopic (exact) mass is 272 g/mol. The van der Waals surface area contributed by atoms with Gasteiger partial charge in [0.25, 0.3) is 0 Å². The van der Waals surface area contributed by atoms with Crippen molar-refractivity contribution in [2.75, 3.05) is 0 Å². The van der Waals surface area contributed by atoms with Crippen LogP contribution in [0.25, 0.3) is 0 Å². The number of fused-ring (bicyclic) bond motifs is 2. The molecule has 0 aromatic rings. The van der Waals surface area contributed by atoms with Gasteiger partial charge in [0, 0.05) is 6.08 Å². The Balaban J connectivity index is 1.85. The van der Waals surface area contributed by atoms with Crippen LogP contribution in [0.5, 0.6) is 0 Å². The van der Waals surface area contributed by atoms with E-state index in [9.17, 15) is 4.79 Å². The SMILES string of the molecule is CC(/C=C/[C@H]1CC2CCC1C2)=C\C=C\C(C)=C\C(=O)O. The molecule has 2 rings (SSSR count). The Kier molecular flexibility index (Phi) is 4.99. The zero-order chi connectivity index (χ0) is 14.5. The van der Waals surface area contributed by atoms with Gasteiger partial charge in [-0.25, -0.2) is 4.79 Å². The van der Waals surface area contributed by atoms with E-state index in [1.165, 1.54) is 37.3 Å². The third-order valence-corrected chi connectivity index (χ3v) is 4.47. The minimum Gasteiger partial charge on any atom is -0.478 e. The van der Waals surface area contributed by atoms with Crippen molar-refractivity contribution in [2.45, 2.75) is 39.5 Å². The van der Waals surface area contributed by atoms with Gasteiger partial charge >= 0.3 is 5.97 Å². The Bertz CT molecular complexity index is 480. The summed E-state index contributed by atoms with van der Waals surface area (Å²) < 4.78 is 0. The number of carboxylic acid groups (broad SMARTS) is 1. The highest BCUT2D eigenvalue weighted by molar-refractivity contribution is 5.81. The minimum absolute atomic E-state index is 0.749. The van der Waals surface area contributed by atoms with Gasteiger partial charge in [0.1, 0.15) is 0 Å². The van der Waals surface area contributed by atoms with Gasteiger partial charge in [-0.05, 0) is 56.4 Å². The molecule has 2 aliphatic carbocycles. The number of rotatable bonds is 5. The van der Waals surface area contributed by atoms with Crippen LogP contribution in [0.3, 0.4) is 0 Å². The Hall–Kier alpha value is -1.57. The number of allylic oxidation sites excluding steroid dienone is 7. The van der Waals surface area contributed by atoms with Crippen molar-refractivity contribution in [1.82, 2.24) is 0 Å². The van der Waals surface area contributed by atoms with Crippen molar-refractivity contribution in [3.05, 3.63) is 47.6 Å². The Morgan fingerprint density at radius 2 is 1.90 bits per heavy atom. The van der Waals surface area contributed by atoms with Gasteiger partial charge < -0.3 is 5.11 Å². The minimum atomic E-state index is -0.899. The summed E-state index contributed by atoms with van der Waals surface area (Å²) in [6.45, 7) is 3.88. The zero-order valence-corrected chi connectivity index (χ0v) is 12.4. The average Bonchev–Trinajstić information content (AvgIpc) is 2.97. The third-order valence-electron chi connectivity index (χ3n) is 4.47. The number of aliphatic carboxylic acids is 1. The molecule has 20 heavy (non-hydrogen) atoms. The first-order valence-electron chi connectivity index (χ1n) is 7.49. The van der Waals surface area contributed by atoms with E-state index in [0.717, 1.165) is 23.3 Å². The summed E-state index contributed by atoms with van der Waals surface area (Å²) in [7, 11) is 0. The molecule has 2 unspecified atom stereocenters. The van der Waals surface area contributed by atoms with Crippen LogP contribution in [0.2, 0.25) is 0 Å². The topological polar surface area (TPSA) is 37.3 Å². The predicted molar refractivity (Wildman–Crippen MR) is 82.4 cm³/mol. The first kappa shape index (κ1) is 14.8. The van der Waals surface area contributed by atoms with Gasteiger partial charge in [-0.2, -0.15) is 0 Å². The lowest BCUT2D eigenvalue weighted by atomic mass is 9.88. The van der Waals surface area contributed by atoms with Gasteiger partial charge in [0.15, 0.2) is 0 Å². The molecule has 2 fully saturated rings. The van der Waals surface area contributed by atoms with Crippen molar-refractivity contribution in [1.29, 1.82) is 0 Å². The van der Waals surface area contributed by atoms with E-state index in [4.69, 9.17) is 5.11 Å². The van der Waals surface area contributed by atoms with Crippen molar-refractivity contribution in [3.63, 3.8) is 0 Å². The van der Waals surface area contributed by atoms with Crippen LogP contribution in [-0.4, -0.2) is 11.1 Å². The smallest absolute Gasteiger partial charge is 0.328 e. The molecule has 2 heteroatoms. The van der Waals surface area contributed by atoms with E-state index in [2.05, 4.69) is 19.1 Å². The molecule has 0 aliphatic heterocycles. The van der Waals surface area contributed by atoms with E-state index in [0.29, 0.717) is 0 Å². The van der Waals surface area contributed by atoms with Crippen LogP contribution in [0.4, 0.5) is 0 Å². The van der Waals surface area contributed by atoms with Gasteiger partial charge in [-0.1, -0.05) is 42.4 Å². The average molecular weight is 272 g/mol. The lowest BCUT2D eigenvalue weighted by Crippen LogP contribution is -2.06. The quantitative estimate of drug-likeness (QED) is 0.590. The van der Waals surface area contributed by atoms with Crippen molar-refractivity contribution in [2.24, 2.45) is 17.8 Å². The van der Waals surface area contributed by atoms with Crippen molar-refractivity contribution < 1.29 is 9.90 Å². The van der Waals surface area contributed by atoms with Gasteiger partial charge in [-0.15, -0.1) is 0 Å². The van der Waals surface area contributed by atoms with E-state index in [1.54, 1.807) is 6.92 Å². The molecule has 2 bridgehead atoms. The second-order valence-corrected chi connectivity index (χ2v) is 6.19. The maximum atomic E-state index is 10.5. The number of carboxylic acids is 1. The maximum Gasteiger partial charge on any atom is 0.328 e. The third kappa shape index (κ3) is 4.22. The Labute approximate surface area is 121 Å². The van der Waals surface area contributed by atoms with Crippen molar-refractivity contribution >= 4 is 5.97 Å². The normalized spacial score (nSPS) is 30.8. The first-order valence-corrected chi connectivity index (χ1v) is 7.49. The summed E-state index contributed by atoms with van der Waals surface area (Å²) in [6, 6.07) is 0. The van der Waals surface area contributed by atoms with Crippen LogP contribution < -0.4 is 0 Å². The van der Waals surface area contributed by atoms with E-state index >= 15 is 0 Å². The number of carbonyl (C=O) groups is 1. The molecule has 0 spiro atoms. The van der Waals surface area contributed by atoms with Crippen LogP contribution in [-0.2, 0) is 4.79 Å². The highest BCUT2D eigenvalue weighted by atomic mass is 16.4. The second-order valence-electron chi connectivity index (χ2n) is 6.19. The molecule has 0 aromatic heterocycles. The molecule has 2 aliphatic rings. The summed E-state index contributed by atoms with van der Waals surface area (Å²) in [5.74, 6) is 1.81. The summed E-state index contributed by atoms with van der Waals surface area (Å²) in [4.78, 5) is 10.5. The predicted octanol–water partition coefficient (Wildman–Crippen LogP) is 4.51. The molecule has 1 N–H and O–H groups in total. The fourth-order valence-corrected chi connectivity index (χ4v) is 3.46. The number of hydrogen-bond donors (Lipinski definition) is 1. The lowest BCUT2D eigenvalue weighted by molar-refractivity contribution is -0.131. The van der Waals surface area contributed by atoms with Crippen molar-refractivity contribution in [3.8, 4) is 0 Å². The second kappa shape index (κ2) is 6.74. The summed E-state index contributed by atoms with van der Waals surface area (Å²) >= 11 is 0. The van der Waals surface area contributed by atoms with Gasteiger partial charge in [0.05, 0.1) is 0 Å². The van der Waals surface area contributed by atoms with Crippen LogP contribution in [0.15, 0.2) is 47.6 Å². The van der Waals surface area contributed by atoms with Gasteiger partial charge in [-0.3, -0.25) is 0 Å². The number of hydrogen-bond acceptors (Lipinski definition) is 1. The molecule has 2 saturated carbocycles. The summed E-state index contributed by atoms with van der Waals surface area (Å²) in [5.41, 5.74) is 1.96. The molecule has 0 saturated heterocycles. The molecule has 0 amide bonds.